The van der Waals surface area contributed by atoms with Gasteiger partial charge >= 0.3 is 5.97 Å². The van der Waals surface area contributed by atoms with Gasteiger partial charge in [-0.05, 0) is 12.3 Å². The molecule has 0 spiro atoms. The Morgan fingerprint density at radius 3 is 2.44 bits per heavy atom. The van der Waals surface area contributed by atoms with Crippen molar-refractivity contribution in [2.24, 2.45) is 10.9 Å². The van der Waals surface area contributed by atoms with E-state index in [0.29, 0.717) is 18.9 Å². The van der Waals surface area contributed by atoms with Crippen LogP contribution in [0.2, 0.25) is 0 Å². The Bertz CT molecular complexity index is 227. The lowest BCUT2D eigenvalue weighted by Crippen LogP contribution is -2.39. The van der Waals surface area contributed by atoms with E-state index >= 15 is 0 Å². The number of rotatable bonds is 6. The van der Waals surface area contributed by atoms with Crippen LogP contribution < -0.4 is 10.6 Å². The van der Waals surface area contributed by atoms with Gasteiger partial charge in [0.05, 0.1) is 13.5 Å². The Morgan fingerprint density at radius 2 is 1.94 bits per heavy atom. The van der Waals surface area contributed by atoms with E-state index in [1.807, 2.05) is 0 Å². The maximum Gasteiger partial charge on any atom is 0.307 e. The topological polar surface area (TPSA) is 62.7 Å². The van der Waals surface area contributed by atoms with E-state index in [-0.39, 0.29) is 5.97 Å². The first-order valence-electron chi connectivity index (χ1n) is 5.61. The molecule has 0 atom stereocenters. The molecule has 5 nitrogen and oxygen atoms in total. The number of guanidine groups is 1. The van der Waals surface area contributed by atoms with Gasteiger partial charge in [-0.2, -0.15) is 0 Å². The predicted molar refractivity (Wildman–Crippen MR) is 65.5 cm³/mol. The van der Waals surface area contributed by atoms with Crippen molar-refractivity contribution in [3.8, 4) is 0 Å². The molecule has 0 unspecified atom stereocenters. The summed E-state index contributed by atoms with van der Waals surface area (Å²) in [6, 6.07) is 0. The molecule has 5 heteroatoms. The molecule has 0 heterocycles. The van der Waals surface area contributed by atoms with E-state index < -0.39 is 0 Å². The Balaban J connectivity index is 3.64. The highest BCUT2D eigenvalue weighted by molar-refractivity contribution is 5.80. The highest BCUT2D eigenvalue weighted by Gasteiger charge is 2.01. The van der Waals surface area contributed by atoms with Gasteiger partial charge in [0.2, 0.25) is 0 Å². The fraction of sp³-hybridized carbons (Fsp3) is 0.818. The number of nitrogens with zero attached hydrogens (tertiary/aromatic N) is 1. The quantitative estimate of drug-likeness (QED) is 0.401. The average Bonchev–Trinajstić information content (AvgIpc) is 2.26. The van der Waals surface area contributed by atoms with Gasteiger partial charge in [0.25, 0.3) is 0 Å². The van der Waals surface area contributed by atoms with Crippen molar-refractivity contribution in [3.63, 3.8) is 0 Å². The molecule has 0 bridgehead atoms. The molecule has 0 rings (SSSR count). The third-order valence-electron chi connectivity index (χ3n) is 2.09. The van der Waals surface area contributed by atoms with Crippen molar-refractivity contribution in [1.29, 1.82) is 0 Å². The fourth-order valence-electron chi connectivity index (χ4n) is 1.08. The van der Waals surface area contributed by atoms with Gasteiger partial charge in [0.1, 0.15) is 0 Å². The lowest BCUT2D eigenvalue weighted by molar-refractivity contribution is -0.140. The summed E-state index contributed by atoms with van der Waals surface area (Å²) in [4.78, 5) is 14.9. The second-order valence-corrected chi connectivity index (χ2v) is 3.93. The van der Waals surface area contributed by atoms with Crippen LogP contribution in [0.3, 0.4) is 0 Å². The van der Waals surface area contributed by atoms with Crippen LogP contribution in [-0.2, 0) is 9.53 Å². The second kappa shape index (κ2) is 9.00. The number of hydrogen-bond acceptors (Lipinski definition) is 3. The maximum atomic E-state index is 10.9. The van der Waals surface area contributed by atoms with Crippen molar-refractivity contribution in [1.82, 2.24) is 10.6 Å². The summed E-state index contributed by atoms with van der Waals surface area (Å²) >= 11 is 0. The third-order valence-corrected chi connectivity index (χ3v) is 2.09. The van der Waals surface area contributed by atoms with Gasteiger partial charge < -0.3 is 15.4 Å². The molecular formula is C11H23N3O2. The van der Waals surface area contributed by atoms with Crippen LogP contribution in [0.15, 0.2) is 4.99 Å². The zero-order valence-electron chi connectivity index (χ0n) is 10.7. The summed E-state index contributed by atoms with van der Waals surface area (Å²) in [5.41, 5.74) is 0. The van der Waals surface area contributed by atoms with Gasteiger partial charge in [-0.1, -0.05) is 13.8 Å². The van der Waals surface area contributed by atoms with Crippen LogP contribution in [0.1, 0.15) is 26.7 Å². The summed E-state index contributed by atoms with van der Waals surface area (Å²) in [5.74, 6) is 1.18. The van der Waals surface area contributed by atoms with Crippen LogP contribution in [0.5, 0.6) is 0 Å². The molecule has 94 valence electrons. The first-order valence-corrected chi connectivity index (χ1v) is 5.61. The Kier molecular flexibility index (Phi) is 8.29. The minimum atomic E-state index is -0.217. The van der Waals surface area contributed by atoms with Crippen molar-refractivity contribution in [3.05, 3.63) is 0 Å². The van der Waals surface area contributed by atoms with E-state index in [0.717, 1.165) is 18.9 Å². The molecule has 0 aliphatic carbocycles. The predicted octanol–water partition coefficient (Wildman–Crippen LogP) is 0.761. The lowest BCUT2D eigenvalue weighted by atomic mass is 10.1. The number of nitrogens with one attached hydrogen (secondary N) is 2. The molecule has 0 aromatic rings. The van der Waals surface area contributed by atoms with Gasteiger partial charge in [-0.15, -0.1) is 0 Å². The molecule has 0 aromatic carbocycles. The van der Waals surface area contributed by atoms with E-state index in [1.165, 1.54) is 7.11 Å². The second-order valence-electron chi connectivity index (χ2n) is 3.93. The average molecular weight is 229 g/mol. The zero-order valence-corrected chi connectivity index (χ0v) is 10.7. The molecule has 0 saturated carbocycles. The molecule has 0 aliphatic heterocycles. The largest absolute Gasteiger partial charge is 0.469 e. The molecule has 0 aromatic heterocycles. The van der Waals surface area contributed by atoms with E-state index in [9.17, 15) is 4.79 Å². The van der Waals surface area contributed by atoms with E-state index in [1.54, 1.807) is 7.05 Å². The molecule has 2 N–H and O–H groups in total. The normalized spacial score (nSPS) is 11.4. The third kappa shape index (κ3) is 8.08. The minimum Gasteiger partial charge on any atom is -0.469 e. The highest BCUT2D eigenvalue weighted by atomic mass is 16.5. The van der Waals surface area contributed by atoms with Gasteiger partial charge in [0, 0.05) is 20.1 Å². The molecule has 0 amide bonds. The van der Waals surface area contributed by atoms with Crippen molar-refractivity contribution < 1.29 is 9.53 Å². The van der Waals surface area contributed by atoms with E-state index in [2.05, 4.69) is 34.2 Å². The number of ether oxygens (including phenoxy) is 1. The summed E-state index contributed by atoms with van der Waals surface area (Å²) in [7, 11) is 3.10. The van der Waals surface area contributed by atoms with Gasteiger partial charge in [-0.25, -0.2) is 0 Å². The SMILES string of the molecule is CN=C(NCCC(=O)OC)NCCC(C)C. The Labute approximate surface area is 97.7 Å². The number of methoxy groups -OCH3 is 1. The zero-order chi connectivity index (χ0) is 12.4. The number of hydrogen-bond donors (Lipinski definition) is 2. The first-order chi connectivity index (χ1) is 7.60. The van der Waals surface area contributed by atoms with E-state index in [4.69, 9.17) is 0 Å². The first kappa shape index (κ1) is 14.7. The van der Waals surface area contributed by atoms with Crippen LogP contribution in [-0.4, -0.2) is 39.2 Å². The smallest absolute Gasteiger partial charge is 0.307 e. The maximum absolute atomic E-state index is 10.9. The van der Waals surface area contributed by atoms with Crippen molar-refractivity contribution >= 4 is 11.9 Å². The van der Waals surface area contributed by atoms with Crippen LogP contribution in [0.4, 0.5) is 0 Å². The summed E-state index contributed by atoms with van der Waals surface area (Å²) in [6.07, 6.45) is 1.44. The highest BCUT2D eigenvalue weighted by Crippen LogP contribution is 1.95. The van der Waals surface area contributed by atoms with Crippen LogP contribution in [0.25, 0.3) is 0 Å². The van der Waals surface area contributed by atoms with Gasteiger partial charge in [-0.3, -0.25) is 9.79 Å². The van der Waals surface area contributed by atoms with Crippen LogP contribution >= 0.6 is 0 Å². The van der Waals surface area contributed by atoms with Crippen LogP contribution in [0, 0.1) is 5.92 Å². The summed E-state index contributed by atoms with van der Waals surface area (Å²) in [6.45, 7) is 5.77. The Hall–Kier alpha value is -1.26. The molecule has 0 radical (unpaired) electrons. The number of esters is 1. The Morgan fingerprint density at radius 1 is 1.31 bits per heavy atom. The lowest BCUT2D eigenvalue weighted by Gasteiger charge is -2.12. The number of carbonyl (C=O) groups is 1. The standard InChI is InChI=1S/C11H23N3O2/c1-9(2)5-7-13-11(12-3)14-8-6-10(15)16-4/h9H,5-8H2,1-4H3,(H2,12,13,14). The summed E-state index contributed by atoms with van der Waals surface area (Å²) in [5, 5.41) is 6.23. The molecular weight excluding hydrogens is 206 g/mol. The minimum absolute atomic E-state index is 0.217. The summed E-state index contributed by atoms with van der Waals surface area (Å²) < 4.78 is 4.54. The van der Waals surface area contributed by atoms with Crippen molar-refractivity contribution in [2.45, 2.75) is 26.7 Å². The number of aliphatic imine (C=N–C) groups is 1. The molecule has 16 heavy (non-hydrogen) atoms. The molecule has 0 aliphatic rings. The fourth-order valence-corrected chi connectivity index (χ4v) is 1.08. The molecule has 0 saturated heterocycles. The molecule has 0 fully saturated rings. The van der Waals surface area contributed by atoms with Crippen molar-refractivity contribution in [2.75, 3.05) is 27.2 Å². The van der Waals surface area contributed by atoms with Gasteiger partial charge in [0.15, 0.2) is 5.96 Å². The monoisotopic (exact) mass is 229 g/mol. The number of carbonyl (C=O) groups excluding carboxylic acids is 1.